The molecule has 0 amide bonds. The van der Waals surface area contributed by atoms with Crippen molar-refractivity contribution >= 4 is 28.8 Å². The van der Waals surface area contributed by atoms with Gasteiger partial charge in [-0.15, -0.1) is 0 Å². The van der Waals surface area contributed by atoms with Gasteiger partial charge in [-0.25, -0.2) is 4.39 Å². The molecule has 3 aromatic rings. The number of nitrogens with two attached hydrogens (primary N) is 1. The molecule has 0 atom stereocenters. The summed E-state index contributed by atoms with van der Waals surface area (Å²) in [4.78, 5) is 1.75. The molecule has 2 aromatic carbocycles. The fourth-order valence-electron chi connectivity index (χ4n) is 2.86. The zero-order valence-electron chi connectivity index (χ0n) is 14.3. The van der Waals surface area contributed by atoms with E-state index in [9.17, 15) is 4.39 Å². The van der Waals surface area contributed by atoms with Crippen LogP contribution in [0.25, 0.3) is 11.1 Å². The van der Waals surface area contributed by atoms with Crippen molar-refractivity contribution in [1.29, 1.82) is 0 Å². The second-order valence-corrected chi connectivity index (χ2v) is 6.37. The Balaban J connectivity index is 2.21. The zero-order valence-corrected chi connectivity index (χ0v) is 15.1. The number of aromatic amines is 1. The van der Waals surface area contributed by atoms with Gasteiger partial charge in [0.05, 0.1) is 5.69 Å². The zero-order chi connectivity index (χ0) is 18.1. The van der Waals surface area contributed by atoms with Crippen LogP contribution < -0.4 is 10.6 Å². The fraction of sp³-hybridized carbons (Fsp3) is 0.158. The third-order valence-electron chi connectivity index (χ3n) is 4.31. The largest absolute Gasteiger partial charge is 0.376 e. The first-order valence-electron chi connectivity index (χ1n) is 7.87. The van der Waals surface area contributed by atoms with Crippen LogP contribution in [0.4, 0.5) is 15.9 Å². The van der Waals surface area contributed by atoms with Crippen molar-refractivity contribution in [3.8, 4) is 11.1 Å². The summed E-state index contributed by atoms with van der Waals surface area (Å²) in [6.45, 7) is 5.97. The average Bonchev–Trinajstić information content (AvgIpc) is 2.94. The molecule has 1 aromatic heterocycles. The fourth-order valence-corrected chi connectivity index (χ4v) is 3.04. The molecule has 0 saturated carbocycles. The van der Waals surface area contributed by atoms with E-state index in [0.29, 0.717) is 5.82 Å². The maximum atomic E-state index is 13.3. The molecule has 0 bridgehead atoms. The molecule has 3 N–H and O–H groups in total. The Morgan fingerprint density at radius 2 is 1.80 bits per heavy atom. The molecule has 128 valence electrons. The van der Waals surface area contributed by atoms with E-state index in [0.717, 1.165) is 33.6 Å². The van der Waals surface area contributed by atoms with Crippen molar-refractivity contribution in [2.75, 3.05) is 4.90 Å². The smallest absolute Gasteiger partial charge is 0.176 e. The lowest BCUT2D eigenvalue weighted by Gasteiger charge is -2.24. The average molecular weight is 354 g/mol. The number of anilines is 2. The maximum absolute atomic E-state index is 13.3. The molecule has 0 aliphatic rings. The van der Waals surface area contributed by atoms with E-state index in [1.165, 1.54) is 12.1 Å². The van der Waals surface area contributed by atoms with Gasteiger partial charge in [-0.1, -0.05) is 24.3 Å². The van der Waals surface area contributed by atoms with Crippen LogP contribution in [0.2, 0.25) is 0 Å². The molecule has 0 aliphatic carbocycles. The number of rotatable bonds is 3. The number of aryl methyl sites for hydroxylation is 2. The minimum atomic E-state index is -0.285. The summed E-state index contributed by atoms with van der Waals surface area (Å²) < 4.78 is 13.3. The van der Waals surface area contributed by atoms with Crippen LogP contribution in [-0.4, -0.2) is 15.3 Å². The van der Waals surface area contributed by atoms with Crippen LogP contribution >= 0.6 is 12.2 Å². The van der Waals surface area contributed by atoms with Gasteiger partial charge in [0.1, 0.15) is 5.82 Å². The van der Waals surface area contributed by atoms with Gasteiger partial charge in [0.25, 0.3) is 0 Å². The molecule has 25 heavy (non-hydrogen) atoms. The van der Waals surface area contributed by atoms with Crippen molar-refractivity contribution in [2.24, 2.45) is 5.73 Å². The lowest BCUT2D eigenvalue weighted by atomic mass is 10.0. The summed E-state index contributed by atoms with van der Waals surface area (Å²) in [5.41, 5.74) is 11.7. The van der Waals surface area contributed by atoms with Gasteiger partial charge < -0.3 is 5.73 Å². The van der Waals surface area contributed by atoms with E-state index in [4.69, 9.17) is 18.0 Å². The predicted molar refractivity (Wildman–Crippen MR) is 104 cm³/mol. The molecule has 0 fully saturated rings. The molecule has 4 nitrogen and oxygen atoms in total. The standard InChI is InChI=1S/C19H19FN4S/c1-11-5-4-6-16(12(11)2)24(19(21)25)18-17(13(3)22-23-18)14-7-9-15(20)10-8-14/h4-10H,1-3H3,(H2,21,25)(H,22,23). The van der Waals surface area contributed by atoms with Gasteiger partial charge in [0.2, 0.25) is 0 Å². The van der Waals surface area contributed by atoms with Gasteiger partial charge in [0.15, 0.2) is 10.9 Å². The Morgan fingerprint density at radius 3 is 2.44 bits per heavy atom. The lowest BCUT2D eigenvalue weighted by molar-refractivity contribution is 0.628. The molecule has 0 saturated heterocycles. The van der Waals surface area contributed by atoms with E-state index < -0.39 is 0 Å². The van der Waals surface area contributed by atoms with E-state index in [1.807, 2.05) is 39.0 Å². The molecular weight excluding hydrogens is 335 g/mol. The van der Waals surface area contributed by atoms with Gasteiger partial charge in [-0.3, -0.25) is 10.00 Å². The number of thiocarbonyl (C=S) groups is 1. The summed E-state index contributed by atoms with van der Waals surface area (Å²) in [5, 5.41) is 7.61. The van der Waals surface area contributed by atoms with Crippen molar-refractivity contribution in [3.05, 3.63) is 65.1 Å². The van der Waals surface area contributed by atoms with Gasteiger partial charge in [-0.05, 0) is 67.9 Å². The van der Waals surface area contributed by atoms with E-state index in [-0.39, 0.29) is 10.9 Å². The highest BCUT2D eigenvalue weighted by Crippen LogP contribution is 2.37. The number of halogens is 1. The molecule has 3 rings (SSSR count). The number of benzene rings is 2. The molecular formula is C19H19FN4S. The normalized spacial score (nSPS) is 10.7. The highest BCUT2D eigenvalue weighted by atomic mass is 32.1. The molecule has 0 radical (unpaired) electrons. The quantitative estimate of drug-likeness (QED) is 0.679. The Labute approximate surface area is 151 Å². The number of nitrogens with zero attached hydrogens (tertiary/aromatic N) is 2. The number of aromatic nitrogens is 2. The first-order valence-corrected chi connectivity index (χ1v) is 8.27. The maximum Gasteiger partial charge on any atom is 0.176 e. The SMILES string of the molecule is Cc1cccc(N(C(N)=S)c2n[nH]c(C)c2-c2ccc(F)cc2)c1C. The molecule has 6 heteroatoms. The molecule has 0 unspecified atom stereocenters. The highest BCUT2D eigenvalue weighted by Gasteiger charge is 2.23. The monoisotopic (exact) mass is 354 g/mol. The van der Waals surface area contributed by atoms with Crippen molar-refractivity contribution < 1.29 is 4.39 Å². The van der Waals surface area contributed by atoms with Crippen LogP contribution in [0.5, 0.6) is 0 Å². The Kier molecular flexibility index (Phi) is 4.55. The number of hydrogen-bond donors (Lipinski definition) is 2. The second kappa shape index (κ2) is 6.64. The lowest BCUT2D eigenvalue weighted by Crippen LogP contribution is -2.32. The summed E-state index contributed by atoms with van der Waals surface area (Å²) >= 11 is 5.31. The van der Waals surface area contributed by atoms with E-state index >= 15 is 0 Å². The summed E-state index contributed by atoms with van der Waals surface area (Å²) in [6, 6.07) is 12.2. The first kappa shape index (κ1) is 17.1. The van der Waals surface area contributed by atoms with Crippen molar-refractivity contribution in [3.63, 3.8) is 0 Å². The predicted octanol–water partition coefficient (Wildman–Crippen LogP) is 4.52. The highest BCUT2D eigenvalue weighted by molar-refractivity contribution is 7.80. The van der Waals surface area contributed by atoms with Crippen LogP contribution in [0.15, 0.2) is 42.5 Å². The minimum Gasteiger partial charge on any atom is -0.376 e. The van der Waals surface area contributed by atoms with Crippen LogP contribution in [0, 0.1) is 26.6 Å². The molecule has 0 spiro atoms. The Hall–Kier alpha value is -2.73. The Morgan fingerprint density at radius 1 is 1.12 bits per heavy atom. The molecule has 1 heterocycles. The minimum absolute atomic E-state index is 0.198. The van der Waals surface area contributed by atoms with Crippen molar-refractivity contribution in [2.45, 2.75) is 20.8 Å². The van der Waals surface area contributed by atoms with Crippen LogP contribution in [-0.2, 0) is 0 Å². The second-order valence-electron chi connectivity index (χ2n) is 5.95. The summed E-state index contributed by atoms with van der Waals surface area (Å²) in [6.07, 6.45) is 0. The van der Waals surface area contributed by atoms with Crippen LogP contribution in [0.1, 0.15) is 16.8 Å². The van der Waals surface area contributed by atoms with Crippen molar-refractivity contribution in [1.82, 2.24) is 10.2 Å². The summed E-state index contributed by atoms with van der Waals surface area (Å²) in [7, 11) is 0. The number of H-pyrrole nitrogens is 1. The van der Waals surface area contributed by atoms with E-state index in [2.05, 4.69) is 10.2 Å². The third kappa shape index (κ3) is 3.13. The van der Waals surface area contributed by atoms with Crippen LogP contribution in [0.3, 0.4) is 0 Å². The third-order valence-corrected chi connectivity index (χ3v) is 4.49. The number of nitrogens with one attached hydrogen (secondary N) is 1. The van der Waals surface area contributed by atoms with Gasteiger partial charge in [-0.2, -0.15) is 5.10 Å². The van der Waals surface area contributed by atoms with E-state index in [1.54, 1.807) is 17.0 Å². The number of hydrogen-bond acceptors (Lipinski definition) is 2. The van der Waals surface area contributed by atoms with Gasteiger partial charge in [0, 0.05) is 11.3 Å². The first-order chi connectivity index (χ1) is 11.9. The Bertz CT molecular complexity index is 931. The summed E-state index contributed by atoms with van der Waals surface area (Å²) in [5.74, 6) is 0.317. The van der Waals surface area contributed by atoms with Gasteiger partial charge >= 0.3 is 0 Å². The molecule has 0 aliphatic heterocycles. The topological polar surface area (TPSA) is 57.9 Å².